The molecule has 1 heterocycles. The summed E-state index contributed by atoms with van der Waals surface area (Å²) >= 11 is 0. The lowest BCUT2D eigenvalue weighted by Gasteiger charge is -2.16. The zero-order chi connectivity index (χ0) is 15.8. The Morgan fingerprint density at radius 1 is 1.27 bits per heavy atom. The predicted octanol–water partition coefficient (Wildman–Crippen LogP) is 1.93. The smallest absolute Gasteiger partial charge is 0.191 e. The van der Waals surface area contributed by atoms with Crippen LogP contribution >= 0.6 is 0 Å². The van der Waals surface area contributed by atoms with Crippen molar-refractivity contribution in [2.24, 2.45) is 12.0 Å². The average molecular weight is 299 g/mol. The molecule has 2 aromatic rings. The molecule has 2 rings (SSSR count). The first-order chi connectivity index (χ1) is 10.7. The molecule has 1 unspecified atom stereocenters. The van der Waals surface area contributed by atoms with Gasteiger partial charge in [-0.15, -0.1) is 0 Å². The number of benzene rings is 1. The van der Waals surface area contributed by atoms with Crippen LogP contribution in [-0.2, 0) is 13.5 Å². The van der Waals surface area contributed by atoms with Crippen LogP contribution in [0.1, 0.15) is 24.0 Å². The molecular formula is C17H25N5. The summed E-state index contributed by atoms with van der Waals surface area (Å²) in [7, 11) is 3.73. The maximum absolute atomic E-state index is 4.26. The third-order valence-electron chi connectivity index (χ3n) is 3.63. The molecule has 22 heavy (non-hydrogen) atoms. The van der Waals surface area contributed by atoms with Crippen LogP contribution in [0, 0.1) is 0 Å². The second kappa shape index (κ2) is 8.22. The summed E-state index contributed by atoms with van der Waals surface area (Å²) in [6, 6.07) is 10.5. The van der Waals surface area contributed by atoms with E-state index in [0.717, 1.165) is 25.5 Å². The highest BCUT2D eigenvalue weighted by Gasteiger charge is 2.06. The van der Waals surface area contributed by atoms with Crippen molar-refractivity contribution in [1.29, 1.82) is 0 Å². The first-order valence-electron chi connectivity index (χ1n) is 7.66. The summed E-state index contributed by atoms with van der Waals surface area (Å²) in [5, 5.41) is 10.9. The number of nitrogens with zero attached hydrogens (tertiary/aromatic N) is 3. The molecule has 0 saturated heterocycles. The number of guanidine groups is 1. The molecule has 1 aromatic heterocycles. The van der Waals surface area contributed by atoms with E-state index in [-0.39, 0.29) is 0 Å². The topological polar surface area (TPSA) is 54.2 Å². The Bertz CT molecular complexity index is 588. The van der Waals surface area contributed by atoms with Gasteiger partial charge in [0.25, 0.3) is 0 Å². The van der Waals surface area contributed by atoms with E-state index in [9.17, 15) is 0 Å². The lowest BCUT2D eigenvalue weighted by atomic mass is 10.0. The maximum atomic E-state index is 4.26. The number of aromatic nitrogens is 2. The molecule has 0 saturated carbocycles. The number of hydrogen-bond acceptors (Lipinski definition) is 2. The second-order valence-corrected chi connectivity index (χ2v) is 5.46. The van der Waals surface area contributed by atoms with E-state index < -0.39 is 0 Å². The zero-order valence-electron chi connectivity index (χ0n) is 13.6. The molecule has 1 aromatic carbocycles. The standard InChI is InChI=1S/C17H25N5/c1-14(16-7-5-4-6-8-16)11-20-17(18-2)19-10-9-15-12-21-22(3)13-15/h4-8,12-14H,9-11H2,1-3H3,(H2,18,19,20). The van der Waals surface area contributed by atoms with Crippen LogP contribution in [0.3, 0.4) is 0 Å². The number of hydrogen-bond donors (Lipinski definition) is 2. The summed E-state index contributed by atoms with van der Waals surface area (Å²) < 4.78 is 1.82. The van der Waals surface area contributed by atoms with Crippen LogP contribution in [-0.4, -0.2) is 35.9 Å². The normalized spacial score (nSPS) is 13.0. The highest BCUT2D eigenvalue weighted by Crippen LogP contribution is 2.12. The van der Waals surface area contributed by atoms with Gasteiger partial charge in [0, 0.05) is 33.4 Å². The van der Waals surface area contributed by atoms with Crippen LogP contribution in [0.4, 0.5) is 0 Å². The Hall–Kier alpha value is -2.30. The van der Waals surface area contributed by atoms with Crippen molar-refractivity contribution in [2.75, 3.05) is 20.1 Å². The van der Waals surface area contributed by atoms with Gasteiger partial charge in [-0.1, -0.05) is 37.3 Å². The highest BCUT2D eigenvalue weighted by atomic mass is 15.2. The molecule has 0 radical (unpaired) electrons. The molecule has 0 aliphatic heterocycles. The van der Waals surface area contributed by atoms with E-state index in [1.165, 1.54) is 11.1 Å². The fourth-order valence-corrected chi connectivity index (χ4v) is 2.30. The van der Waals surface area contributed by atoms with Gasteiger partial charge in [-0.25, -0.2) is 0 Å². The quantitative estimate of drug-likeness (QED) is 0.633. The SMILES string of the molecule is CN=C(NCCc1cnn(C)c1)NCC(C)c1ccccc1. The molecule has 1 atom stereocenters. The minimum Gasteiger partial charge on any atom is -0.356 e. The van der Waals surface area contributed by atoms with Gasteiger partial charge in [-0.3, -0.25) is 9.67 Å². The van der Waals surface area contributed by atoms with Gasteiger partial charge in [-0.05, 0) is 23.5 Å². The van der Waals surface area contributed by atoms with Crippen LogP contribution < -0.4 is 10.6 Å². The van der Waals surface area contributed by atoms with E-state index in [1.54, 1.807) is 7.05 Å². The molecule has 5 heteroatoms. The largest absolute Gasteiger partial charge is 0.356 e. The van der Waals surface area contributed by atoms with Crippen molar-refractivity contribution in [1.82, 2.24) is 20.4 Å². The van der Waals surface area contributed by atoms with E-state index in [1.807, 2.05) is 30.2 Å². The second-order valence-electron chi connectivity index (χ2n) is 5.46. The summed E-state index contributed by atoms with van der Waals surface area (Å²) in [5.41, 5.74) is 2.56. The Balaban J connectivity index is 1.73. The number of aryl methyl sites for hydroxylation is 1. The fraction of sp³-hybridized carbons (Fsp3) is 0.412. The third kappa shape index (κ3) is 4.91. The van der Waals surface area contributed by atoms with Crippen molar-refractivity contribution < 1.29 is 0 Å². The Labute approximate surface area is 132 Å². The van der Waals surface area contributed by atoms with Crippen molar-refractivity contribution in [2.45, 2.75) is 19.3 Å². The van der Waals surface area contributed by atoms with Crippen LogP contribution in [0.25, 0.3) is 0 Å². The van der Waals surface area contributed by atoms with E-state index in [4.69, 9.17) is 0 Å². The number of aliphatic imine (C=N–C) groups is 1. The van der Waals surface area contributed by atoms with Crippen LogP contribution in [0.15, 0.2) is 47.7 Å². The Morgan fingerprint density at radius 3 is 2.68 bits per heavy atom. The van der Waals surface area contributed by atoms with E-state index in [2.05, 4.69) is 51.9 Å². The van der Waals surface area contributed by atoms with Crippen molar-refractivity contribution in [3.05, 3.63) is 53.9 Å². The van der Waals surface area contributed by atoms with E-state index in [0.29, 0.717) is 5.92 Å². The molecule has 0 aliphatic rings. The zero-order valence-corrected chi connectivity index (χ0v) is 13.6. The van der Waals surface area contributed by atoms with Gasteiger partial charge >= 0.3 is 0 Å². The van der Waals surface area contributed by atoms with Crippen LogP contribution in [0.2, 0.25) is 0 Å². The molecular weight excluding hydrogens is 274 g/mol. The maximum Gasteiger partial charge on any atom is 0.191 e. The first-order valence-corrected chi connectivity index (χ1v) is 7.66. The van der Waals surface area contributed by atoms with E-state index >= 15 is 0 Å². The molecule has 0 bridgehead atoms. The van der Waals surface area contributed by atoms with Gasteiger partial charge in [0.1, 0.15) is 0 Å². The van der Waals surface area contributed by atoms with Gasteiger partial charge < -0.3 is 10.6 Å². The summed E-state index contributed by atoms with van der Waals surface area (Å²) in [4.78, 5) is 4.26. The van der Waals surface area contributed by atoms with Gasteiger partial charge in [-0.2, -0.15) is 5.10 Å². The van der Waals surface area contributed by atoms with Gasteiger partial charge in [0.15, 0.2) is 5.96 Å². The minimum atomic E-state index is 0.443. The lowest BCUT2D eigenvalue weighted by Crippen LogP contribution is -2.39. The van der Waals surface area contributed by atoms with Gasteiger partial charge in [0.05, 0.1) is 6.20 Å². The highest BCUT2D eigenvalue weighted by molar-refractivity contribution is 5.79. The van der Waals surface area contributed by atoms with Crippen molar-refractivity contribution >= 4 is 5.96 Å². The lowest BCUT2D eigenvalue weighted by molar-refractivity contribution is 0.697. The Kier molecular flexibility index (Phi) is 6.01. The molecule has 2 N–H and O–H groups in total. The van der Waals surface area contributed by atoms with Crippen molar-refractivity contribution in [3.63, 3.8) is 0 Å². The number of nitrogens with one attached hydrogen (secondary N) is 2. The molecule has 0 amide bonds. The predicted molar refractivity (Wildman–Crippen MR) is 91.1 cm³/mol. The average Bonchev–Trinajstić information content (AvgIpc) is 2.96. The molecule has 0 aliphatic carbocycles. The van der Waals surface area contributed by atoms with Crippen LogP contribution in [0.5, 0.6) is 0 Å². The van der Waals surface area contributed by atoms with Gasteiger partial charge in [0.2, 0.25) is 0 Å². The molecule has 0 fully saturated rings. The number of rotatable bonds is 6. The monoisotopic (exact) mass is 299 g/mol. The fourth-order valence-electron chi connectivity index (χ4n) is 2.30. The summed E-state index contributed by atoms with van der Waals surface area (Å²) in [6.07, 6.45) is 4.87. The molecule has 118 valence electrons. The first kappa shape index (κ1) is 16.1. The minimum absolute atomic E-state index is 0.443. The third-order valence-corrected chi connectivity index (χ3v) is 3.63. The molecule has 5 nitrogen and oxygen atoms in total. The summed E-state index contributed by atoms with van der Waals surface area (Å²) in [5.74, 6) is 1.28. The summed E-state index contributed by atoms with van der Waals surface area (Å²) in [6.45, 7) is 3.91. The Morgan fingerprint density at radius 2 is 2.05 bits per heavy atom. The molecule has 0 spiro atoms. The van der Waals surface area contributed by atoms with Crippen molar-refractivity contribution in [3.8, 4) is 0 Å².